The molecule has 9 aromatic rings. The number of nitrogen functional groups attached to an aromatic ring is 2. The van der Waals surface area contributed by atoms with Gasteiger partial charge in [0.25, 0.3) is 11.1 Å². The first kappa shape index (κ1) is 66.8. The van der Waals surface area contributed by atoms with Crippen molar-refractivity contribution in [2.24, 2.45) is 0 Å². The third-order valence-corrected chi connectivity index (χ3v) is 11.1. The number of H-pyrrole nitrogens is 2. The number of carbonyl (C=O) groups excluding carboxylic acids is 1. The van der Waals surface area contributed by atoms with Crippen LogP contribution in [0.1, 0.15) is 152 Å². The minimum absolute atomic E-state index is 0. The Bertz CT molecular complexity index is 3840. The van der Waals surface area contributed by atoms with E-state index in [1.165, 1.54) is 40.0 Å². The number of aryl methyl sites for hydroxylation is 2. The Labute approximate surface area is 473 Å². The standard InChI is InChI=1S/C11H16N4O.C9H13N5O.C9H12N4O.C9H13N3O2.C7H11N3O.C7H10N2O2.CH4/c1-5-16-11-9-10(13-8(4)14-11)15(6-12-9)7(2)3;1-5(2)14-4-11-6-7(14)12-9(10)13-8(6)15-3;1-5(2)13-4-10-7-8(13)11-6(3)12-9(7)14;1-6(2)12-5-4-8(10-7(3)13)11-9(12)14;1-5(2)10-4-3-6(8)9-7(10)11;1-5(2)9-4-3-6(10)8-7(9)11;/h6-7H,5H2,1-4H3;4-5H,1-3H3,(H2,10,12,13);4-5H,1-3H3,(H,11,12,14);4-6H,1-3H3,(H,10,11,13,14);3-5H,1-2H3,(H2,8,9,11);3-5H,1-2H3,(H,8,10,11);1H4. The molecule has 0 spiro atoms. The van der Waals surface area contributed by atoms with Crippen LogP contribution >= 0.6 is 0 Å². The van der Waals surface area contributed by atoms with Crippen molar-refractivity contribution >= 4 is 57.0 Å². The fourth-order valence-corrected chi connectivity index (χ4v) is 7.16. The summed E-state index contributed by atoms with van der Waals surface area (Å²) in [5, 5.41) is 2.45. The molecule has 9 aromatic heterocycles. The molecule has 0 aromatic carbocycles. The van der Waals surface area contributed by atoms with E-state index in [1.807, 2.05) is 96.8 Å². The first-order valence-electron chi connectivity index (χ1n) is 25.9. The second-order valence-corrected chi connectivity index (χ2v) is 19.5. The predicted octanol–water partition coefficient (Wildman–Crippen LogP) is 6.06. The zero-order valence-electron chi connectivity index (χ0n) is 48.9. The van der Waals surface area contributed by atoms with Crippen molar-refractivity contribution in [3.63, 3.8) is 0 Å². The Morgan fingerprint density at radius 3 is 1.50 bits per heavy atom. The highest BCUT2D eigenvalue weighted by Gasteiger charge is 2.16. The molecule has 0 fully saturated rings. The number of ether oxygens (including phenoxy) is 2. The number of aromatic amines is 2. The number of methoxy groups -OCH3 is 1. The molecule has 0 atom stereocenters. The summed E-state index contributed by atoms with van der Waals surface area (Å²) in [6.07, 6.45) is 9.90. The molecule has 1 amide bonds. The van der Waals surface area contributed by atoms with Crippen molar-refractivity contribution in [2.45, 2.75) is 154 Å². The Morgan fingerprint density at radius 1 is 0.573 bits per heavy atom. The molecular weight excluding hydrogens is 1060 g/mol. The topological polar surface area (TPSA) is 375 Å². The van der Waals surface area contributed by atoms with Gasteiger partial charge in [0, 0.05) is 67.8 Å². The maximum Gasteiger partial charge on any atom is 0.349 e. The van der Waals surface area contributed by atoms with E-state index in [4.69, 9.17) is 20.9 Å². The lowest BCUT2D eigenvalue weighted by atomic mass is 10.4. The van der Waals surface area contributed by atoms with Gasteiger partial charge in [-0.25, -0.2) is 39.3 Å². The van der Waals surface area contributed by atoms with E-state index in [9.17, 15) is 28.8 Å². The molecule has 0 bridgehead atoms. The average Bonchev–Trinajstić information content (AvgIpc) is 4.27. The summed E-state index contributed by atoms with van der Waals surface area (Å²) in [6.45, 7) is 31.2. The van der Waals surface area contributed by atoms with Gasteiger partial charge in [-0.05, 0) is 116 Å². The van der Waals surface area contributed by atoms with Gasteiger partial charge >= 0.3 is 17.1 Å². The van der Waals surface area contributed by atoms with Gasteiger partial charge in [0.05, 0.1) is 32.7 Å². The van der Waals surface area contributed by atoms with Crippen LogP contribution in [-0.4, -0.2) is 107 Å². The number of rotatable bonds is 10. The number of nitrogens with one attached hydrogen (secondary N) is 3. The first-order valence-corrected chi connectivity index (χ1v) is 25.9. The molecule has 29 nitrogen and oxygen atoms in total. The smallest absolute Gasteiger partial charge is 0.349 e. The zero-order chi connectivity index (χ0) is 60.6. The largest absolute Gasteiger partial charge is 0.479 e. The van der Waals surface area contributed by atoms with E-state index in [2.05, 4.69) is 79.0 Å². The number of hydrogen-bond donors (Lipinski definition) is 5. The summed E-state index contributed by atoms with van der Waals surface area (Å²) >= 11 is 0. The Balaban J connectivity index is 0.000000259. The van der Waals surface area contributed by atoms with Gasteiger partial charge in [0.2, 0.25) is 23.6 Å². The highest BCUT2D eigenvalue weighted by Crippen LogP contribution is 2.25. The molecule has 0 aliphatic heterocycles. The van der Waals surface area contributed by atoms with Crippen LogP contribution in [0.3, 0.4) is 0 Å². The van der Waals surface area contributed by atoms with E-state index in [-0.39, 0.29) is 83.5 Å². The Kier molecular flexibility index (Phi) is 24.6. The number of imidazole rings is 3. The fraction of sp³-hybridized carbons (Fsp3) is 0.472. The number of amides is 1. The maximum atomic E-state index is 11.5. The van der Waals surface area contributed by atoms with Gasteiger partial charge in [-0.2, -0.15) is 24.9 Å². The Hall–Kier alpha value is -9.44. The summed E-state index contributed by atoms with van der Waals surface area (Å²) in [7, 11) is 1.54. The number of anilines is 3. The lowest BCUT2D eigenvalue weighted by molar-refractivity contribution is -0.114. The van der Waals surface area contributed by atoms with Crippen LogP contribution in [0.15, 0.2) is 79.7 Å². The number of carbonyl (C=O) groups is 1. The van der Waals surface area contributed by atoms with Crippen molar-refractivity contribution < 1.29 is 14.3 Å². The molecule has 0 saturated carbocycles. The molecule has 0 unspecified atom stereocenters. The molecule has 0 aliphatic rings. The SMILES string of the molecule is C.CC(=O)Nc1ccn(C(C)C)c(=O)n1.CC(C)n1ccc(=O)[nH]c1=O.CC(C)n1ccc(N)nc1=O.CCOc1nc(C)nc2c1ncn2C(C)C.COc1nc(N)nc2c1ncn2C(C)C.Cc1nc2c(ncn2C(C)C)c(=O)[nH]1. The normalized spacial score (nSPS) is 10.8. The van der Waals surface area contributed by atoms with Crippen molar-refractivity contribution in [1.82, 2.24) is 87.2 Å². The molecule has 9 heterocycles. The lowest BCUT2D eigenvalue weighted by Gasteiger charge is -2.08. The highest BCUT2D eigenvalue weighted by molar-refractivity contribution is 5.87. The molecule has 29 heteroatoms. The van der Waals surface area contributed by atoms with Crippen molar-refractivity contribution in [3.05, 3.63) is 120 Å². The second kappa shape index (κ2) is 30.2. The van der Waals surface area contributed by atoms with Gasteiger partial charge < -0.3 is 44.9 Å². The molecular formula is C53H79N21O8. The molecule has 0 saturated heterocycles. The van der Waals surface area contributed by atoms with Crippen molar-refractivity contribution in [1.29, 1.82) is 0 Å². The fourth-order valence-electron chi connectivity index (χ4n) is 7.16. The summed E-state index contributed by atoms with van der Waals surface area (Å²) < 4.78 is 20.9. The van der Waals surface area contributed by atoms with Crippen LogP contribution < -0.4 is 54.4 Å². The van der Waals surface area contributed by atoms with Crippen LogP contribution in [0.4, 0.5) is 17.6 Å². The number of nitrogens with zero attached hydrogens (tertiary/aromatic N) is 16. The van der Waals surface area contributed by atoms with Crippen LogP contribution in [-0.2, 0) is 4.79 Å². The monoisotopic (exact) mass is 1140 g/mol. The van der Waals surface area contributed by atoms with Crippen LogP contribution in [0.2, 0.25) is 0 Å². The van der Waals surface area contributed by atoms with Crippen LogP contribution in [0, 0.1) is 13.8 Å². The zero-order valence-corrected chi connectivity index (χ0v) is 48.9. The average molecular weight is 1140 g/mol. The van der Waals surface area contributed by atoms with Crippen molar-refractivity contribution in [3.8, 4) is 11.8 Å². The number of hydrogen-bond acceptors (Lipinski definition) is 20. The molecule has 0 aliphatic carbocycles. The van der Waals surface area contributed by atoms with Crippen molar-refractivity contribution in [2.75, 3.05) is 30.5 Å². The quantitative estimate of drug-likeness (QED) is 0.104. The Morgan fingerprint density at radius 2 is 1.04 bits per heavy atom. The van der Waals surface area contributed by atoms with E-state index in [0.29, 0.717) is 64.2 Å². The first-order chi connectivity index (χ1) is 38.1. The van der Waals surface area contributed by atoms with E-state index in [1.54, 1.807) is 50.4 Å². The molecule has 9 rings (SSSR count). The van der Waals surface area contributed by atoms with E-state index in [0.717, 1.165) is 11.2 Å². The number of nitrogens with two attached hydrogens (primary N) is 2. The molecule has 7 N–H and O–H groups in total. The summed E-state index contributed by atoms with van der Waals surface area (Å²) in [6, 6.07) is 5.69. The second-order valence-electron chi connectivity index (χ2n) is 19.5. The summed E-state index contributed by atoms with van der Waals surface area (Å²) in [5.74, 6) is 2.83. The molecule has 444 valence electrons. The third kappa shape index (κ3) is 18.0. The summed E-state index contributed by atoms with van der Waals surface area (Å²) in [5.41, 5.74) is 13.3. The number of fused-ring (bicyclic) bond motifs is 3. The minimum Gasteiger partial charge on any atom is -0.479 e. The van der Waals surface area contributed by atoms with Gasteiger partial charge in [-0.3, -0.25) is 33.1 Å². The van der Waals surface area contributed by atoms with Gasteiger partial charge in [-0.15, -0.1) is 0 Å². The predicted molar refractivity (Wildman–Crippen MR) is 316 cm³/mol. The van der Waals surface area contributed by atoms with Crippen LogP contribution in [0.5, 0.6) is 11.8 Å². The molecule has 0 radical (unpaired) electrons. The minimum atomic E-state index is -0.355. The number of aromatic nitrogens is 18. The van der Waals surface area contributed by atoms with E-state index >= 15 is 0 Å². The van der Waals surface area contributed by atoms with Gasteiger partial charge in [-0.1, -0.05) is 7.43 Å². The van der Waals surface area contributed by atoms with Gasteiger partial charge in [0.15, 0.2) is 33.5 Å². The van der Waals surface area contributed by atoms with E-state index < -0.39 is 0 Å². The summed E-state index contributed by atoms with van der Waals surface area (Å²) in [4.78, 5) is 112. The maximum absolute atomic E-state index is 11.5. The lowest BCUT2D eigenvalue weighted by Crippen LogP contribution is -2.29. The molecule has 82 heavy (non-hydrogen) atoms. The van der Waals surface area contributed by atoms with Crippen LogP contribution in [0.25, 0.3) is 33.5 Å². The van der Waals surface area contributed by atoms with Gasteiger partial charge in [0.1, 0.15) is 23.3 Å². The highest BCUT2D eigenvalue weighted by atomic mass is 16.5. The third-order valence-electron chi connectivity index (χ3n) is 11.1.